The quantitative estimate of drug-likeness (QED) is 0.277. The van der Waals surface area contributed by atoms with E-state index in [1.54, 1.807) is 18.3 Å². The van der Waals surface area contributed by atoms with E-state index in [1.807, 2.05) is 60.4 Å². The number of nitrogens with one attached hydrogen (secondary N) is 1. The van der Waals surface area contributed by atoms with E-state index in [1.165, 1.54) is 0 Å². The second-order valence-electron chi connectivity index (χ2n) is 8.86. The van der Waals surface area contributed by atoms with Crippen molar-refractivity contribution in [3.05, 3.63) is 84.6 Å². The van der Waals surface area contributed by atoms with Gasteiger partial charge in [-0.15, -0.1) is 5.11 Å². The number of hydrogen-bond acceptors (Lipinski definition) is 9. The number of nitrogens with zero attached hydrogens (tertiary/aromatic N) is 6. The number of azo groups is 1. The maximum Gasteiger partial charge on any atom is 0.270 e. The van der Waals surface area contributed by atoms with Crippen molar-refractivity contribution >= 4 is 23.1 Å². The molecule has 0 amide bonds. The Kier molecular flexibility index (Phi) is 7.79. The zero-order chi connectivity index (χ0) is 26.3. The molecule has 38 heavy (non-hydrogen) atoms. The number of benzene rings is 2. The van der Waals surface area contributed by atoms with Crippen LogP contribution in [0.25, 0.3) is 11.1 Å². The summed E-state index contributed by atoms with van der Waals surface area (Å²) in [6.45, 7) is 3.91. The van der Waals surface area contributed by atoms with Crippen LogP contribution in [0.5, 0.6) is 5.75 Å². The zero-order valence-electron chi connectivity index (χ0n) is 21.0. The molecule has 0 radical (unpaired) electrons. The van der Waals surface area contributed by atoms with Crippen LogP contribution in [0.4, 0.5) is 27.5 Å². The molecule has 1 atom stereocenters. The van der Waals surface area contributed by atoms with E-state index >= 15 is 0 Å². The van der Waals surface area contributed by atoms with Crippen LogP contribution in [0, 0.1) is 5.82 Å². The van der Waals surface area contributed by atoms with Gasteiger partial charge in [0.25, 0.3) is 5.95 Å². The minimum absolute atomic E-state index is 0.0607. The molecule has 1 fully saturated rings. The van der Waals surface area contributed by atoms with Gasteiger partial charge in [-0.1, -0.05) is 31.2 Å². The number of morpholine rings is 1. The average molecular weight is 514 g/mol. The molecular weight excluding hydrogens is 485 g/mol. The SMILES string of the molecule is CCC1COCCN1c1nc(N=NCc2ccc(Nc3ccc(-c4cccc(O)c4)cc3)cn2)ncc1F. The Morgan fingerprint density at radius 1 is 1.05 bits per heavy atom. The van der Waals surface area contributed by atoms with Gasteiger partial charge in [-0.25, -0.2) is 9.37 Å². The van der Waals surface area contributed by atoms with Crippen LogP contribution >= 0.6 is 0 Å². The first-order valence-electron chi connectivity index (χ1n) is 12.4. The van der Waals surface area contributed by atoms with E-state index in [2.05, 4.69) is 30.5 Å². The standard InChI is InChI=1S/C28H28FN7O2/c1-2-24-18-38-13-12-36(24)27-26(29)17-31-28(34-27)35-32-16-22-10-11-23(15-30-22)33-21-8-6-19(7-9-21)20-4-3-5-25(37)14-20/h3-11,14-15,17,24,33,37H,2,12-13,16,18H2,1H3. The Morgan fingerprint density at radius 2 is 1.89 bits per heavy atom. The highest BCUT2D eigenvalue weighted by Crippen LogP contribution is 2.26. The Labute approximate surface area is 220 Å². The van der Waals surface area contributed by atoms with E-state index in [9.17, 15) is 9.50 Å². The molecule has 10 heteroatoms. The fraction of sp³-hybridized carbons (Fsp3) is 0.250. The number of phenolic OH excluding ortho intramolecular Hbond substituents is 1. The van der Waals surface area contributed by atoms with E-state index in [0.717, 1.165) is 40.8 Å². The highest BCUT2D eigenvalue weighted by Gasteiger charge is 2.25. The molecule has 9 nitrogen and oxygen atoms in total. The lowest BCUT2D eigenvalue weighted by Gasteiger charge is -2.35. The number of anilines is 3. The lowest BCUT2D eigenvalue weighted by atomic mass is 10.1. The van der Waals surface area contributed by atoms with Crippen LogP contribution in [-0.4, -0.2) is 45.9 Å². The highest BCUT2D eigenvalue weighted by molar-refractivity contribution is 5.69. The topological polar surface area (TPSA) is 108 Å². The van der Waals surface area contributed by atoms with Crippen molar-refractivity contribution in [1.82, 2.24) is 15.0 Å². The van der Waals surface area contributed by atoms with E-state index in [0.29, 0.717) is 19.8 Å². The Morgan fingerprint density at radius 3 is 2.66 bits per heavy atom. The Bertz CT molecular complexity index is 1400. The maximum atomic E-state index is 14.5. The molecule has 2 N–H and O–H groups in total. The summed E-state index contributed by atoms with van der Waals surface area (Å²) in [5, 5.41) is 21.3. The van der Waals surface area contributed by atoms with Crippen LogP contribution in [0.2, 0.25) is 0 Å². The molecule has 1 unspecified atom stereocenters. The molecule has 0 bridgehead atoms. The number of aromatic nitrogens is 3. The van der Waals surface area contributed by atoms with Gasteiger partial charge in [0.05, 0.1) is 43.0 Å². The summed E-state index contributed by atoms with van der Waals surface area (Å²) in [7, 11) is 0. The summed E-state index contributed by atoms with van der Waals surface area (Å²) in [6.07, 6.45) is 3.68. The van der Waals surface area contributed by atoms with Gasteiger partial charge in [0.15, 0.2) is 11.6 Å². The van der Waals surface area contributed by atoms with Crippen molar-refractivity contribution in [3.63, 3.8) is 0 Å². The maximum absolute atomic E-state index is 14.5. The second-order valence-corrected chi connectivity index (χ2v) is 8.86. The van der Waals surface area contributed by atoms with Gasteiger partial charge < -0.3 is 20.1 Å². The van der Waals surface area contributed by atoms with Crippen molar-refractivity contribution in [3.8, 4) is 16.9 Å². The van der Waals surface area contributed by atoms with Gasteiger partial charge in [0.2, 0.25) is 0 Å². The van der Waals surface area contributed by atoms with Gasteiger partial charge in [-0.2, -0.15) is 10.1 Å². The van der Waals surface area contributed by atoms with Gasteiger partial charge in [0, 0.05) is 12.2 Å². The van der Waals surface area contributed by atoms with E-state index in [-0.39, 0.29) is 30.1 Å². The summed E-state index contributed by atoms with van der Waals surface area (Å²) in [6, 6.07) is 18.9. The Hall–Kier alpha value is -4.44. The molecule has 2 aromatic carbocycles. The van der Waals surface area contributed by atoms with E-state index < -0.39 is 5.82 Å². The summed E-state index contributed by atoms with van der Waals surface area (Å²) in [5.41, 5.74) is 4.43. The lowest BCUT2D eigenvalue weighted by molar-refractivity contribution is 0.0921. The second kappa shape index (κ2) is 11.7. The predicted molar refractivity (Wildman–Crippen MR) is 144 cm³/mol. The van der Waals surface area contributed by atoms with Crippen LogP contribution < -0.4 is 10.2 Å². The number of pyridine rings is 1. The van der Waals surface area contributed by atoms with Gasteiger partial charge >= 0.3 is 0 Å². The minimum atomic E-state index is -0.483. The lowest BCUT2D eigenvalue weighted by Crippen LogP contribution is -2.46. The molecule has 0 aliphatic carbocycles. The average Bonchev–Trinajstić information content (AvgIpc) is 2.95. The minimum Gasteiger partial charge on any atom is -0.508 e. The van der Waals surface area contributed by atoms with Crippen molar-refractivity contribution in [2.75, 3.05) is 30.0 Å². The number of aromatic hydroxyl groups is 1. The summed E-state index contributed by atoms with van der Waals surface area (Å²) in [4.78, 5) is 14.6. The molecule has 2 aromatic heterocycles. The number of rotatable bonds is 8. The normalized spacial score (nSPS) is 15.6. The number of ether oxygens (including phenoxy) is 1. The van der Waals surface area contributed by atoms with Crippen molar-refractivity contribution in [2.45, 2.75) is 25.9 Å². The molecular formula is C28H28FN7O2. The van der Waals surface area contributed by atoms with Crippen molar-refractivity contribution < 1.29 is 14.2 Å². The first kappa shape index (κ1) is 25.2. The van der Waals surface area contributed by atoms with Crippen molar-refractivity contribution in [1.29, 1.82) is 0 Å². The summed E-state index contributed by atoms with van der Waals surface area (Å²) < 4.78 is 20.0. The van der Waals surface area contributed by atoms with Crippen LogP contribution in [0.15, 0.2) is 83.3 Å². The van der Waals surface area contributed by atoms with Gasteiger partial charge in [-0.05, 0) is 53.9 Å². The fourth-order valence-corrected chi connectivity index (χ4v) is 4.23. The summed E-state index contributed by atoms with van der Waals surface area (Å²) in [5.74, 6) is 0.0919. The van der Waals surface area contributed by atoms with Crippen molar-refractivity contribution in [2.24, 2.45) is 10.2 Å². The monoisotopic (exact) mass is 513 g/mol. The molecule has 0 spiro atoms. The third-order valence-corrected chi connectivity index (χ3v) is 6.25. The molecule has 0 saturated carbocycles. The smallest absolute Gasteiger partial charge is 0.270 e. The predicted octanol–water partition coefficient (Wildman–Crippen LogP) is 6.03. The number of halogens is 1. The van der Waals surface area contributed by atoms with E-state index in [4.69, 9.17) is 4.74 Å². The highest BCUT2D eigenvalue weighted by atomic mass is 19.1. The van der Waals surface area contributed by atoms with Crippen LogP contribution in [0.3, 0.4) is 0 Å². The zero-order valence-corrected chi connectivity index (χ0v) is 21.0. The fourth-order valence-electron chi connectivity index (χ4n) is 4.23. The third-order valence-electron chi connectivity index (χ3n) is 6.25. The number of hydrogen-bond donors (Lipinski definition) is 2. The Balaban J connectivity index is 1.19. The molecule has 5 rings (SSSR count). The molecule has 1 aliphatic rings. The largest absolute Gasteiger partial charge is 0.508 e. The van der Waals surface area contributed by atoms with Crippen LogP contribution in [-0.2, 0) is 11.3 Å². The van der Waals surface area contributed by atoms with Gasteiger partial charge in [-0.3, -0.25) is 4.98 Å². The first-order chi connectivity index (χ1) is 18.6. The van der Waals surface area contributed by atoms with Crippen LogP contribution in [0.1, 0.15) is 19.0 Å². The third kappa shape index (κ3) is 6.09. The molecule has 4 aromatic rings. The first-order valence-corrected chi connectivity index (χ1v) is 12.4. The summed E-state index contributed by atoms with van der Waals surface area (Å²) >= 11 is 0. The molecule has 1 aliphatic heterocycles. The number of phenols is 1. The molecule has 3 heterocycles. The molecule has 1 saturated heterocycles. The van der Waals surface area contributed by atoms with Gasteiger partial charge in [0.1, 0.15) is 12.3 Å². The molecule has 194 valence electrons.